The third-order valence-corrected chi connectivity index (χ3v) is 3.52. The second kappa shape index (κ2) is 6.11. The summed E-state index contributed by atoms with van der Waals surface area (Å²) < 4.78 is 5.60. The van der Waals surface area contributed by atoms with E-state index in [0.717, 1.165) is 5.69 Å². The van der Waals surface area contributed by atoms with Gasteiger partial charge in [0.1, 0.15) is 11.8 Å². The van der Waals surface area contributed by atoms with E-state index in [4.69, 9.17) is 4.74 Å². The molecule has 0 saturated carbocycles. The number of carbonyl (C=O) groups is 2. The minimum absolute atomic E-state index is 0.173. The maximum Gasteiger partial charge on any atom is 0.326 e. The SMILES string of the molecule is CC(C)C[C@H](NC(=O)C1Oc2cccnc2C1C)C(=O)O. The lowest BCUT2D eigenvalue weighted by molar-refractivity contribution is -0.143. The van der Waals surface area contributed by atoms with Gasteiger partial charge in [0.2, 0.25) is 0 Å². The number of pyridine rings is 1. The number of hydrogen-bond donors (Lipinski definition) is 2. The molecule has 0 bridgehead atoms. The van der Waals surface area contributed by atoms with E-state index < -0.39 is 24.0 Å². The van der Waals surface area contributed by atoms with Crippen LogP contribution in [0.1, 0.15) is 38.8 Å². The number of amides is 1. The summed E-state index contributed by atoms with van der Waals surface area (Å²) in [6, 6.07) is 2.60. The van der Waals surface area contributed by atoms with E-state index in [2.05, 4.69) is 10.3 Å². The molecule has 2 heterocycles. The summed E-state index contributed by atoms with van der Waals surface area (Å²) in [6.45, 7) is 5.68. The first-order valence-electron chi connectivity index (χ1n) is 7.05. The molecule has 2 N–H and O–H groups in total. The van der Waals surface area contributed by atoms with Crippen LogP contribution in [-0.4, -0.2) is 34.1 Å². The van der Waals surface area contributed by atoms with Gasteiger partial charge in [0.25, 0.3) is 5.91 Å². The number of fused-ring (bicyclic) bond motifs is 1. The van der Waals surface area contributed by atoms with Gasteiger partial charge in [-0.15, -0.1) is 0 Å². The Kier molecular flexibility index (Phi) is 4.45. The maximum absolute atomic E-state index is 12.3. The Labute approximate surface area is 123 Å². The average Bonchev–Trinajstić information content (AvgIpc) is 2.75. The highest BCUT2D eigenvalue weighted by Crippen LogP contribution is 2.36. The molecule has 0 spiro atoms. The predicted octanol–water partition coefficient (Wildman–Crippen LogP) is 1.56. The number of carbonyl (C=O) groups excluding carboxylic acids is 1. The smallest absolute Gasteiger partial charge is 0.326 e. The van der Waals surface area contributed by atoms with E-state index >= 15 is 0 Å². The van der Waals surface area contributed by atoms with Crippen LogP contribution in [0, 0.1) is 5.92 Å². The Morgan fingerprint density at radius 3 is 2.76 bits per heavy atom. The lowest BCUT2D eigenvalue weighted by Crippen LogP contribution is -2.48. The quantitative estimate of drug-likeness (QED) is 0.859. The molecular weight excluding hydrogens is 272 g/mol. The Morgan fingerprint density at radius 2 is 2.19 bits per heavy atom. The van der Waals surface area contributed by atoms with Crippen LogP contribution in [0.2, 0.25) is 0 Å². The summed E-state index contributed by atoms with van der Waals surface area (Å²) in [6.07, 6.45) is 1.30. The molecule has 6 nitrogen and oxygen atoms in total. The van der Waals surface area contributed by atoms with Crippen LogP contribution in [0.25, 0.3) is 0 Å². The molecule has 1 aromatic heterocycles. The fourth-order valence-electron chi connectivity index (χ4n) is 2.45. The highest BCUT2D eigenvalue weighted by atomic mass is 16.5. The largest absolute Gasteiger partial charge is 0.480 e. The van der Waals surface area contributed by atoms with Crippen LogP contribution >= 0.6 is 0 Å². The molecule has 2 unspecified atom stereocenters. The van der Waals surface area contributed by atoms with Crippen molar-refractivity contribution in [1.82, 2.24) is 10.3 Å². The molecule has 2 rings (SSSR count). The van der Waals surface area contributed by atoms with Gasteiger partial charge in [0, 0.05) is 12.1 Å². The van der Waals surface area contributed by atoms with Crippen molar-refractivity contribution in [2.75, 3.05) is 0 Å². The molecule has 0 saturated heterocycles. The van der Waals surface area contributed by atoms with Crippen LogP contribution in [-0.2, 0) is 9.59 Å². The summed E-state index contributed by atoms with van der Waals surface area (Å²) in [4.78, 5) is 27.7. The topological polar surface area (TPSA) is 88.5 Å². The number of carboxylic acids is 1. The van der Waals surface area contributed by atoms with Crippen molar-refractivity contribution >= 4 is 11.9 Å². The minimum atomic E-state index is -1.03. The van der Waals surface area contributed by atoms with Crippen LogP contribution in [0.4, 0.5) is 0 Å². The van der Waals surface area contributed by atoms with Gasteiger partial charge in [-0.25, -0.2) is 4.79 Å². The lowest BCUT2D eigenvalue weighted by atomic mass is 10.00. The zero-order valence-electron chi connectivity index (χ0n) is 12.4. The third kappa shape index (κ3) is 3.32. The Morgan fingerprint density at radius 1 is 1.48 bits per heavy atom. The van der Waals surface area contributed by atoms with Crippen LogP contribution < -0.4 is 10.1 Å². The second-order valence-corrected chi connectivity index (χ2v) is 5.74. The van der Waals surface area contributed by atoms with Crippen LogP contribution in [0.5, 0.6) is 5.75 Å². The predicted molar refractivity (Wildman–Crippen MR) is 76.1 cm³/mol. The number of nitrogens with zero attached hydrogens (tertiary/aromatic N) is 1. The number of rotatable bonds is 5. The standard InChI is InChI=1S/C15H20N2O4/c1-8(2)7-10(15(19)20)17-14(18)13-9(3)12-11(21-13)5-4-6-16-12/h4-6,8-10,13H,7H2,1-3H3,(H,17,18)(H,19,20)/t9?,10-,13?/m0/s1. The molecule has 1 aliphatic rings. The van der Waals surface area contributed by atoms with Gasteiger partial charge in [-0.3, -0.25) is 9.78 Å². The van der Waals surface area contributed by atoms with Crippen molar-refractivity contribution in [3.8, 4) is 5.75 Å². The molecule has 1 aromatic rings. The number of aliphatic carboxylic acids is 1. The first kappa shape index (κ1) is 15.3. The van der Waals surface area contributed by atoms with E-state index in [9.17, 15) is 14.7 Å². The summed E-state index contributed by atoms with van der Waals surface area (Å²) in [5, 5.41) is 11.7. The monoisotopic (exact) mass is 292 g/mol. The first-order chi connectivity index (χ1) is 9.90. The number of carboxylic acid groups (broad SMARTS) is 1. The molecule has 6 heteroatoms. The van der Waals surface area contributed by atoms with Crippen molar-refractivity contribution < 1.29 is 19.4 Å². The van der Waals surface area contributed by atoms with Gasteiger partial charge in [0.05, 0.1) is 5.69 Å². The minimum Gasteiger partial charge on any atom is -0.480 e. The highest BCUT2D eigenvalue weighted by Gasteiger charge is 2.38. The van der Waals surface area contributed by atoms with Crippen molar-refractivity contribution in [3.63, 3.8) is 0 Å². The average molecular weight is 292 g/mol. The molecule has 0 aromatic carbocycles. The first-order valence-corrected chi connectivity index (χ1v) is 7.05. The van der Waals surface area contributed by atoms with Gasteiger partial charge in [-0.2, -0.15) is 0 Å². The van der Waals surface area contributed by atoms with Crippen LogP contribution in [0.15, 0.2) is 18.3 Å². The van der Waals surface area contributed by atoms with Crippen molar-refractivity contribution in [2.45, 2.75) is 45.3 Å². The zero-order valence-corrected chi connectivity index (χ0v) is 12.4. The fourth-order valence-corrected chi connectivity index (χ4v) is 2.45. The third-order valence-electron chi connectivity index (χ3n) is 3.52. The van der Waals surface area contributed by atoms with Gasteiger partial charge in [-0.1, -0.05) is 20.8 Å². The molecular formula is C15H20N2O4. The molecule has 114 valence electrons. The number of nitrogens with one attached hydrogen (secondary N) is 1. The highest BCUT2D eigenvalue weighted by molar-refractivity contribution is 5.87. The van der Waals surface area contributed by atoms with E-state index in [1.165, 1.54) is 0 Å². The Balaban J connectivity index is 2.06. The Bertz CT molecular complexity index is 544. The maximum atomic E-state index is 12.3. The van der Waals surface area contributed by atoms with Gasteiger partial charge in [-0.05, 0) is 24.5 Å². The van der Waals surface area contributed by atoms with Crippen molar-refractivity contribution in [2.24, 2.45) is 5.92 Å². The van der Waals surface area contributed by atoms with Gasteiger partial charge >= 0.3 is 5.97 Å². The van der Waals surface area contributed by atoms with Gasteiger partial charge in [0.15, 0.2) is 6.10 Å². The molecule has 0 fully saturated rings. The van der Waals surface area contributed by atoms with Gasteiger partial charge < -0.3 is 15.2 Å². The number of aromatic nitrogens is 1. The molecule has 3 atom stereocenters. The molecule has 0 aliphatic carbocycles. The number of hydrogen-bond acceptors (Lipinski definition) is 4. The molecule has 0 radical (unpaired) electrons. The fraction of sp³-hybridized carbons (Fsp3) is 0.533. The second-order valence-electron chi connectivity index (χ2n) is 5.74. The zero-order chi connectivity index (χ0) is 15.6. The lowest BCUT2D eigenvalue weighted by Gasteiger charge is -2.20. The van der Waals surface area contributed by atoms with E-state index in [1.807, 2.05) is 20.8 Å². The summed E-state index contributed by atoms with van der Waals surface area (Å²) in [5.74, 6) is -0.880. The Hall–Kier alpha value is -2.11. The normalized spacial score (nSPS) is 21.5. The summed E-state index contributed by atoms with van der Waals surface area (Å²) in [5.41, 5.74) is 0.730. The molecule has 1 amide bonds. The summed E-state index contributed by atoms with van der Waals surface area (Å²) >= 11 is 0. The van der Waals surface area contributed by atoms with E-state index in [-0.39, 0.29) is 11.8 Å². The summed E-state index contributed by atoms with van der Waals surface area (Å²) in [7, 11) is 0. The number of ether oxygens (including phenoxy) is 1. The van der Waals surface area contributed by atoms with Crippen LogP contribution in [0.3, 0.4) is 0 Å². The molecule has 1 aliphatic heterocycles. The van der Waals surface area contributed by atoms with Crippen molar-refractivity contribution in [3.05, 3.63) is 24.0 Å². The molecule has 21 heavy (non-hydrogen) atoms. The van der Waals surface area contributed by atoms with E-state index in [0.29, 0.717) is 12.2 Å². The van der Waals surface area contributed by atoms with E-state index in [1.54, 1.807) is 18.3 Å². The van der Waals surface area contributed by atoms with Crippen molar-refractivity contribution in [1.29, 1.82) is 0 Å².